The highest BCUT2D eigenvalue weighted by atomic mass is 16.6. The van der Waals surface area contributed by atoms with E-state index in [1.54, 1.807) is 0 Å². The van der Waals surface area contributed by atoms with Crippen LogP contribution >= 0.6 is 0 Å². The minimum atomic E-state index is -1.27. The summed E-state index contributed by atoms with van der Waals surface area (Å²) in [6.45, 7) is 2.10. The van der Waals surface area contributed by atoms with Gasteiger partial charge in [-0.05, 0) is 6.42 Å². The lowest BCUT2D eigenvalue weighted by atomic mass is 10.1. The molecule has 1 amide bonds. The van der Waals surface area contributed by atoms with Gasteiger partial charge < -0.3 is 31.1 Å². The molecular weight excluding hydrogens is 292 g/mol. The molecule has 124 valence electrons. The zero-order valence-corrected chi connectivity index (χ0v) is 12.3. The number of rotatable bonds is 6. The molecule has 4 atom stereocenters. The van der Waals surface area contributed by atoms with Gasteiger partial charge in [0.05, 0.1) is 12.9 Å². The minimum Gasteiger partial charge on any atom is -0.394 e. The Balaban J connectivity index is 2.12. The third-order valence-corrected chi connectivity index (χ3v) is 3.65. The van der Waals surface area contributed by atoms with Gasteiger partial charge in [-0.3, -0.25) is 9.36 Å². The summed E-state index contributed by atoms with van der Waals surface area (Å²) in [6.07, 6.45) is -1.36. The first-order valence-corrected chi connectivity index (χ1v) is 7.24. The Kier molecular flexibility index (Phi) is 5.35. The van der Waals surface area contributed by atoms with Gasteiger partial charge in [-0.2, -0.15) is 0 Å². The first kappa shape index (κ1) is 16.7. The van der Waals surface area contributed by atoms with Gasteiger partial charge in [-0.1, -0.05) is 13.3 Å². The van der Waals surface area contributed by atoms with Gasteiger partial charge in [0, 0.05) is 6.54 Å². The van der Waals surface area contributed by atoms with Crippen molar-refractivity contribution in [1.29, 1.82) is 0 Å². The zero-order valence-electron chi connectivity index (χ0n) is 12.3. The van der Waals surface area contributed by atoms with Crippen LogP contribution in [0.15, 0.2) is 6.33 Å². The van der Waals surface area contributed by atoms with Crippen LogP contribution in [0.25, 0.3) is 0 Å². The number of nitrogens with one attached hydrogen (secondary N) is 1. The number of carbonyl (C=O) groups excluding carboxylic acids is 1. The number of anilines is 1. The van der Waals surface area contributed by atoms with Gasteiger partial charge >= 0.3 is 0 Å². The molecule has 1 aliphatic rings. The molecule has 0 unspecified atom stereocenters. The number of carbonyl (C=O) groups is 1. The summed E-state index contributed by atoms with van der Waals surface area (Å²) in [5, 5.41) is 31.5. The second-order valence-corrected chi connectivity index (χ2v) is 5.22. The number of ether oxygens (including phenoxy) is 1. The van der Waals surface area contributed by atoms with Crippen molar-refractivity contribution in [2.75, 3.05) is 18.9 Å². The summed E-state index contributed by atoms with van der Waals surface area (Å²) in [4.78, 5) is 15.9. The Morgan fingerprint density at radius 2 is 2.23 bits per heavy atom. The number of nitrogens with zero attached hydrogens (tertiary/aromatic N) is 2. The number of nitrogens with two attached hydrogens (primary N) is 1. The van der Waals surface area contributed by atoms with Crippen molar-refractivity contribution in [1.82, 2.24) is 14.9 Å². The zero-order chi connectivity index (χ0) is 16.3. The average Bonchev–Trinajstić information content (AvgIpc) is 3.01. The topological polar surface area (TPSA) is 143 Å². The largest absolute Gasteiger partial charge is 0.394 e. The maximum absolute atomic E-state index is 12.0. The van der Waals surface area contributed by atoms with E-state index in [0.717, 1.165) is 12.8 Å². The van der Waals surface area contributed by atoms with Crippen molar-refractivity contribution in [3.05, 3.63) is 12.0 Å². The molecule has 0 radical (unpaired) electrons. The molecule has 1 fully saturated rings. The molecule has 0 saturated carbocycles. The van der Waals surface area contributed by atoms with Gasteiger partial charge in [0.1, 0.15) is 24.1 Å². The van der Waals surface area contributed by atoms with Gasteiger partial charge in [-0.25, -0.2) is 4.98 Å². The molecule has 1 saturated heterocycles. The molecule has 1 aromatic heterocycles. The summed E-state index contributed by atoms with van der Waals surface area (Å²) in [7, 11) is 0. The minimum absolute atomic E-state index is 0.0313. The second kappa shape index (κ2) is 7.05. The Hall–Kier alpha value is -1.68. The van der Waals surface area contributed by atoms with Gasteiger partial charge in [0.2, 0.25) is 0 Å². The molecule has 0 aliphatic carbocycles. The third-order valence-electron chi connectivity index (χ3n) is 3.65. The summed E-state index contributed by atoms with van der Waals surface area (Å²) in [6, 6.07) is 0. The summed E-state index contributed by atoms with van der Waals surface area (Å²) >= 11 is 0. The van der Waals surface area contributed by atoms with Crippen molar-refractivity contribution in [3.8, 4) is 0 Å². The standard InChI is InChI=1S/C13H22N4O5/c1-2-3-4-15-12(21)8-11(14)17(6-16-8)13-10(20)9(19)7(5-18)22-13/h6-7,9-10,13,18-20H,2-5,14H2,1H3,(H,15,21)/t7-,9-,10-,13-/m1/s1. The maximum Gasteiger partial charge on any atom is 0.273 e. The lowest BCUT2D eigenvalue weighted by Gasteiger charge is -2.17. The van der Waals surface area contributed by atoms with Crippen LogP contribution in [-0.2, 0) is 4.74 Å². The molecule has 2 heterocycles. The van der Waals surface area contributed by atoms with Crippen LogP contribution in [0, 0.1) is 0 Å². The predicted molar refractivity (Wildman–Crippen MR) is 76.9 cm³/mol. The molecule has 6 N–H and O–H groups in total. The van der Waals surface area contributed by atoms with E-state index in [-0.39, 0.29) is 11.5 Å². The van der Waals surface area contributed by atoms with Gasteiger partial charge in [0.15, 0.2) is 11.9 Å². The highest BCUT2D eigenvalue weighted by Gasteiger charge is 2.44. The summed E-state index contributed by atoms with van der Waals surface area (Å²) in [5.41, 5.74) is 5.92. The molecule has 0 spiro atoms. The van der Waals surface area contributed by atoms with Crippen LogP contribution in [0.4, 0.5) is 5.82 Å². The van der Waals surface area contributed by atoms with E-state index in [1.807, 2.05) is 6.92 Å². The van der Waals surface area contributed by atoms with E-state index < -0.39 is 37.1 Å². The fraction of sp³-hybridized carbons (Fsp3) is 0.692. The van der Waals surface area contributed by atoms with Crippen molar-refractivity contribution >= 4 is 11.7 Å². The highest BCUT2D eigenvalue weighted by Crippen LogP contribution is 2.31. The smallest absolute Gasteiger partial charge is 0.273 e. The lowest BCUT2D eigenvalue weighted by molar-refractivity contribution is -0.0518. The van der Waals surface area contributed by atoms with E-state index >= 15 is 0 Å². The number of unbranched alkanes of at least 4 members (excludes halogenated alkanes) is 1. The van der Waals surface area contributed by atoms with Crippen LogP contribution in [0.2, 0.25) is 0 Å². The molecule has 1 aromatic rings. The fourth-order valence-electron chi connectivity index (χ4n) is 2.32. The van der Waals surface area contributed by atoms with E-state index in [0.29, 0.717) is 6.54 Å². The molecular formula is C13H22N4O5. The van der Waals surface area contributed by atoms with Crippen molar-refractivity contribution < 1.29 is 24.9 Å². The number of amides is 1. The van der Waals surface area contributed by atoms with E-state index in [4.69, 9.17) is 15.6 Å². The first-order valence-electron chi connectivity index (χ1n) is 7.24. The van der Waals surface area contributed by atoms with Crippen LogP contribution in [0.5, 0.6) is 0 Å². The number of aliphatic hydroxyl groups excluding tert-OH is 3. The lowest BCUT2D eigenvalue weighted by Crippen LogP contribution is -2.33. The fourth-order valence-corrected chi connectivity index (χ4v) is 2.32. The van der Waals surface area contributed by atoms with E-state index in [2.05, 4.69) is 10.3 Å². The van der Waals surface area contributed by atoms with Crippen LogP contribution in [-0.4, -0.2) is 62.2 Å². The molecule has 9 nitrogen and oxygen atoms in total. The Morgan fingerprint density at radius 1 is 1.50 bits per heavy atom. The van der Waals surface area contributed by atoms with Crippen LogP contribution < -0.4 is 11.1 Å². The van der Waals surface area contributed by atoms with Crippen molar-refractivity contribution in [2.45, 2.75) is 44.3 Å². The molecule has 2 rings (SSSR count). The third kappa shape index (κ3) is 3.07. The number of nitrogen functional groups attached to an aromatic ring is 1. The van der Waals surface area contributed by atoms with Crippen LogP contribution in [0.1, 0.15) is 36.5 Å². The molecule has 0 bridgehead atoms. The van der Waals surface area contributed by atoms with Gasteiger partial charge in [-0.15, -0.1) is 0 Å². The number of hydrogen-bond acceptors (Lipinski definition) is 7. The van der Waals surface area contributed by atoms with Crippen molar-refractivity contribution in [3.63, 3.8) is 0 Å². The quantitative estimate of drug-likeness (QED) is 0.407. The maximum atomic E-state index is 12.0. The predicted octanol–water partition coefficient (Wildman–Crippen LogP) is -1.39. The second-order valence-electron chi connectivity index (χ2n) is 5.22. The van der Waals surface area contributed by atoms with Crippen LogP contribution in [0.3, 0.4) is 0 Å². The SMILES string of the molecule is CCCCNC(=O)c1ncn([C@@H]2O[C@H](CO)[C@@H](O)[C@H]2O)c1N. The number of hydrogen-bond donors (Lipinski definition) is 5. The Bertz CT molecular complexity index is 521. The molecule has 0 aromatic carbocycles. The highest BCUT2D eigenvalue weighted by molar-refractivity contribution is 5.96. The molecule has 22 heavy (non-hydrogen) atoms. The number of aliphatic hydroxyl groups is 3. The Morgan fingerprint density at radius 3 is 2.82 bits per heavy atom. The molecule has 9 heteroatoms. The molecule has 1 aliphatic heterocycles. The first-order chi connectivity index (χ1) is 10.5. The Labute approximate surface area is 127 Å². The van der Waals surface area contributed by atoms with E-state index in [9.17, 15) is 15.0 Å². The number of aromatic nitrogens is 2. The monoisotopic (exact) mass is 314 g/mol. The number of imidazole rings is 1. The van der Waals surface area contributed by atoms with Gasteiger partial charge in [0.25, 0.3) is 5.91 Å². The van der Waals surface area contributed by atoms with E-state index in [1.165, 1.54) is 10.9 Å². The summed E-state index contributed by atoms with van der Waals surface area (Å²) in [5.74, 6) is -0.375. The average molecular weight is 314 g/mol. The normalized spacial score (nSPS) is 28.0. The summed E-state index contributed by atoms with van der Waals surface area (Å²) < 4.78 is 6.63. The van der Waals surface area contributed by atoms with Crippen molar-refractivity contribution in [2.24, 2.45) is 0 Å².